The number of halogens is 6. The van der Waals surface area contributed by atoms with Gasteiger partial charge < -0.3 is 19.6 Å². The number of hydrogen-bond donors (Lipinski definition) is 0. The van der Waals surface area contributed by atoms with Crippen LogP contribution in [0.4, 0.5) is 0 Å². The molecule has 2 fully saturated rings. The molecule has 2 aliphatic heterocycles. The van der Waals surface area contributed by atoms with Gasteiger partial charge in [0.05, 0.1) is 0 Å². The summed E-state index contributed by atoms with van der Waals surface area (Å²) in [5.41, 5.74) is 2.77. The predicted octanol–water partition coefficient (Wildman–Crippen LogP) is 7.86. The van der Waals surface area contributed by atoms with Crippen molar-refractivity contribution in [3.8, 4) is 0 Å². The Morgan fingerprint density at radius 2 is 0.738 bits per heavy atom. The minimum atomic E-state index is 0. The fraction of sp³-hybridized carbons (Fsp3) is 0.600. The molecule has 2 aromatic rings. The highest BCUT2D eigenvalue weighted by atomic mass is 35.5. The minimum Gasteiger partial charge on any atom is -0.301 e. The van der Waals surface area contributed by atoms with Crippen molar-refractivity contribution in [2.75, 3.05) is 90.0 Å². The fourth-order valence-electron chi connectivity index (χ4n) is 5.16. The van der Waals surface area contributed by atoms with Crippen molar-refractivity contribution >= 4 is 94.4 Å². The average Bonchev–Trinajstić information content (AvgIpc) is 2.95. The molecule has 12 heteroatoms. The maximum atomic E-state index is 5.99. The summed E-state index contributed by atoms with van der Waals surface area (Å²) in [6.07, 6.45) is 4.85. The van der Waals surface area contributed by atoms with Crippen LogP contribution < -0.4 is 0 Å². The van der Waals surface area contributed by atoms with Gasteiger partial charge in [0.1, 0.15) is 0 Å². The van der Waals surface area contributed by atoms with Gasteiger partial charge in [-0.1, -0.05) is 69.1 Å². The second kappa shape index (κ2) is 24.9. The first-order valence-corrected chi connectivity index (χ1v) is 17.5. The summed E-state index contributed by atoms with van der Waals surface area (Å²) in [6, 6.07) is 16.6. The molecule has 2 aliphatic rings. The SMILES string of the molecule is Cl.Cl.Cl.Cl.Clc1ccc(CCN2CCN(CCCSSCCCN3CCN(CCc4ccc(Cl)cc4)CC3)CC2)cc1. The second-order valence-corrected chi connectivity index (χ2v) is 14.0. The molecule has 0 saturated carbocycles. The lowest BCUT2D eigenvalue weighted by Crippen LogP contribution is -2.47. The normalized spacial score (nSPS) is 16.5. The topological polar surface area (TPSA) is 13.0 Å². The monoisotopic (exact) mass is 738 g/mol. The lowest BCUT2D eigenvalue weighted by molar-refractivity contribution is 0.134. The van der Waals surface area contributed by atoms with Gasteiger partial charge in [-0.25, -0.2) is 0 Å². The Morgan fingerprint density at radius 1 is 0.452 bits per heavy atom. The van der Waals surface area contributed by atoms with E-state index in [1.165, 1.54) is 101 Å². The summed E-state index contributed by atoms with van der Waals surface area (Å²) >= 11 is 12.0. The molecule has 0 bridgehead atoms. The number of rotatable bonds is 15. The molecule has 0 N–H and O–H groups in total. The van der Waals surface area contributed by atoms with Crippen LogP contribution in [0.15, 0.2) is 48.5 Å². The third-order valence-electron chi connectivity index (χ3n) is 7.68. The van der Waals surface area contributed by atoms with Crippen LogP contribution in [0.5, 0.6) is 0 Å². The molecule has 0 unspecified atom stereocenters. The van der Waals surface area contributed by atoms with E-state index < -0.39 is 0 Å². The van der Waals surface area contributed by atoms with Gasteiger partial charge in [0.15, 0.2) is 0 Å². The van der Waals surface area contributed by atoms with Crippen LogP contribution in [0, 0.1) is 0 Å². The molecule has 2 aromatic carbocycles. The van der Waals surface area contributed by atoms with Crippen molar-refractivity contribution < 1.29 is 0 Å². The van der Waals surface area contributed by atoms with Crippen LogP contribution >= 0.6 is 94.4 Å². The van der Waals surface area contributed by atoms with Crippen molar-refractivity contribution in [1.29, 1.82) is 0 Å². The summed E-state index contributed by atoms with van der Waals surface area (Å²) in [7, 11) is 4.15. The molecular weight excluding hydrogens is 693 g/mol. The van der Waals surface area contributed by atoms with Gasteiger partial charge >= 0.3 is 0 Å². The zero-order valence-corrected chi connectivity index (χ0v) is 30.8. The van der Waals surface area contributed by atoms with Gasteiger partial charge in [0.25, 0.3) is 0 Å². The summed E-state index contributed by atoms with van der Waals surface area (Å²) in [6.45, 7) is 14.5. The standard InChI is InChI=1S/C30H44Cl2N4S2.4ClH/c31-29-7-3-27(4-8-29)11-15-35-21-17-33(18-22-35)13-1-25-37-38-26-2-14-34-19-23-36(24-20-34)16-12-28-5-9-30(32)10-6-28;;;;/h3-10H,1-2,11-26H2;4*1H. The molecule has 242 valence electrons. The summed E-state index contributed by atoms with van der Waals surface area (Å²) in [5, 5.41) is 1.65. The van der Waals surface area contributed by atoms with Crippen molar-refractivity contribution in [2.24, 2.45) is 0 Å². The van der Waals surface area contributed by atoms with Crippen LogP contribution in [0.25, 0.3) is 0 Å². The molecule has 0 atom stereocenters. The minimum absolute atomic E-state index is 0. The highest BCUT2D eigenvalue weighted by molar-refractivity contribution is 8.76. The van der Waals surface area contributed by atoms with Crippen molar-refractivity contribution in [1.82, 2.24) is 19.6 Å². The average molecular weight is 742 g/mol. The lowest BCUT2D eigenvalue weighted by Gasteiger charge is -2.34. The Bertz CT molecular complexity index is 838. The van der Waals surface area contributed by atoms with Crippen LogP contribution in [0.3, 0.4) is 0 Å². The molecule has 42 heavy (non-hydrogen) atoms. The molecule has 0 amide bonds. The predicted molar refractivity (Wildman–Crippen MR) is 199 cm³/mol. The fourth-order valence-corrected chi connectivity index (χ4v) is 7.56. The highest BCUT2D eigenvalue weighted by Crippen LogP contribution is 2.23. The van der Waals surface area contributed by atoms with Crippen LogP contribution in [0.2, 0.25) is 10.0 Å². The Morgan fingerprint density at radius 3 is 1.05 bits per heavy atom. The van der Waals surface area contributed by atoms with Crippen molar-refractivity contribution in [3.05, 3.63) is 69.7 Å². The number of piperazine rings is 2. The molecule has 2 heterocycles. The van der Waals surface area contributed by atoms with E-state index in [0.29, 0.717) is 0 Å². The van der Waals surface area contributed by atoms with Gasteiger partial charge in [-0.05, 0) is 74.2 Å². The van der Waals surface area contributed by atoms with Gasteiger partial charge in [0.2, 0.25) is 0 Å². The first kappa shape index (κ1) is 42.7. The maximum absolute atomic E-state index is 5.99. The molecule has 0 spiro atoms. The Labute approximate surface area is 297 Å². The number of hydrogen-bond acceptors (Lipinski definition) is 6. The van der Waals surface area contributed by atoms with E-state index in [1.807, 2.05) is 24.3 Å². The van der Waals surface area contributed by atoms with Gasteiger partial charge in [-0.15, -0.1) is 49.6 Å². The van der Waals surface area contributed by atoms with Crippen molar-refractivity contribution in [2.45, 2.75) is 25.7 Å². The molecule has 0 radical (unpaired) electrons. The number of benzene rings is 2. The van der Waals surface area contributed by atoms with E-state index in [4.69, 9.17) is 23.2 Å². The van der Waals surface area contributed by atoms with Crippen LogP contribution in [0.1, 0.15) is 24.0 Å². The van der Waals surface area contributed by atoms with Crippen LogP contribution in [-0.2, 0) is 12.8 Å². The van der Waals surface area contributed by atoms with E-state index in [1.54, 1.807) is 0 Å². The van der Waals surface area contributed by atoms with E-state index in [-0.39, 0.29) is 49.6 Å². The Hall–Kier alpha value is 0.720. The Balaban J connectivity index is 0.00000420. The van der Waals surface area contributed by atoms with E-state index in [9.17, 15) is 0 Å². The largest absolute Gasteiger partial charge is 0.301 e. The summed E-state index contributed by atoms with van der Waals surface area (Å²) in [4.78, 5) is 10.5. The van der Waals surface area contributed by atoms with Gasteiger partial charge in [0, 0.05) is 87.0 Å². The van der Waals surface area contributed by atoms with E-state index in [0.717, 1.165) is 36.0 Å². The Kier molecular flexibility index (Phi) is 25.3. The summed E-state index contributed by atoms with van der Waals surface area (Å²) < 4.78 is 0. The third-order valence-corrected chi connectivity index (χ3v) is 10.8. The maximum Gasteiger partial charge on any atom is 0.0406 e. The molecular formula is C30H48Cl6N4S2. The summed E-state index contributed by atoms with van der Waals surface area (Å²) in [5.74, 6) is 2.54. The molecule has 2 saturated heterocycles. The molecule has 0 aromatic heterocycles. The second-order valence-electron chi connectivity index (χ2n) is 10.5. The zero-order chi connectivity index (χ0) is 26.4. The third kappa shape index (κ3) is 16.9. The van der Waals surface area contributed by atoms with Crippen LogP contribution in [-0.4, -0.2) is 110 Å². The smallest absolute Gasteiger partial charge is 0.0406 e. The van der Waals surface area contributed by atoms with Gasteiger partial charge in [-0.2, -0.15) is 0 Å². The highest BCUT2D eigenvalue weighted by Gasteiger charge is 2.17. The molecule has 0 aliphatic carbocycles. The van der Waals surface area contributed by atoms with Crippen molar-refractivity contribution in [3.63, 3.8) is 0 Å². The molecule has 4 rings (SSSR count). The number of nitrogens with zero attached hydrogens (tertiary/aromatic N) is 4. The quantitative estimate of drug-likeness (QED) is 0.135. The molecule has 4 nitrogen and oxygen atoms in total. The zero-order valence-electron chi connectivity index (χ0n) is 24.3. The first-order chi connectivity index (χ1) is 18.6. The van der Waals surface area contributed by atoms with E-state index >= 15 is 0 Å². The lowest BCUT2D eigenvalue weighted by atomic mass is 10.1. The first-order valence-electron chi connectivity index (χ1n) is 14.3. The van der Waals surface area contributed by atoms with E-state index in [2.05, 4.69) is 65.5 Å². The van der Waals surface area contributed by atoms with Gasteiger partial charge in [-0.3, -0.25) is 0 Å².